The molecule has 0 saturated heterocycles. The Morgan fingerprint density at radius 3 is 2.62 bits per heavy atom. The second-order valence-electron chi connectivity index (χ2n) is 3.39. The van der Waals surface area contributed by atoms with Gasteiger partial charge in [0.25, 0.3) is 0 Å². The first-order chi connectivity index (χ1) is 7.61. The van der Waals surface area contributed by atoms with Crippen molar-refractivity contribution in [3.8, 4) is 0 Å². The third-order valence-electron chi connectivity index (χ3n) is 1.99. The van der Waals surface area contributed by atoms with Crippen LogP contribution in [0.15, 0.2) is 0 Å². The molecule has 0 heterocycles. The highest BCUT2D eigenvalue weighted by Gasteiger charge is 2.15. The van der Waals surface area contributed by atoms with Crippen LogP contribution in [0.2, 0.25) is 0 Å². The van der Waals surface area contributed by atoms with Gasteiger partial charge in [0.05, 0.1) is 6.61 Å². The second kappa shape index (κ2) is 8.96. The molecule has 16 heavy (non-hydrogen) atoms. The summed E-state index contributed by atoms with van der Waals surface area (Å²) >= 11 is 0. The fourth-order valence-electron chi connectivity index (χ4n) is 1.10. The molecule has 0 atom stereocenters. The van der Waals surface area contributed by atoms with Gasteiger partial charge in [0.2, 0.25) is 0 Å². The van der Waals surface area contributed by atoms with Gasteiger partial charge in [-0.2, -0.15) is 0 Å². The van der Waals surface area contributed by atoms with Gasteiger partial charge in [0, 0.05) is 20.2 Å². The van der Waals surface area contributed by atoms with Crippen molar-refractivity contribution in [2.75, 3.05) is 33.4 Å². The molecule has 0 bridgehead atoms. The summed E-state index contributed by atoms with van der Waals surface area (Å²) < 4.78 is 4.82. The lowest BCUT2D eigenvalue weighted by atomic mass is 10.3. The molecule has 2 amide bonds. The molecule has 0 spiro atoms. The first-order valence-corrected chi connectivity index (χ1v) is 5.35. The molecular weight excluding hydrogens is 212 g/mol. The zero-order valence-electron chi connectivity index (χ0n) is 9.86. The summed E-state index contributed by atoms with van der Waals surface area (Å²) in [7, 11) is 1.51. The molecule has 0 radical (unpaired) electrons. The Kier molecular flexibility index (Phi) is 8.24. The number of amides is 2. The smallest absolute Gasteiger partial charge is 0.323 e. The molecule has 0 rings (SSSR count). The summed E-state index contributed by atoms with van der Waals surface area (Å²) in [5.74, 6) is -1.03. The highest BCUT2D eigenvalue weighted by molar-refractivity contribution is 5.80. The minimum atomic E-state index is -1.03. The third kappa shape index (κ3) is 7.05. The van der Waals surface area contributed by atoms with Crippen LogP contribution in [0, 0.1) is 0 Å². The number of nitrogens with one attached hydrogen (secondary N) is 1. The van der Waals surface area contributed by atoms with Gasteiger partial charge in [-0.05, 0) is 6.42 Å². The van der Waals surface area contributed by atoms with Gasteiger partial charge in [0.1, 0.15) is 6.54 Å². The van der Waals surface area contributed by atoms with Crippen LogP contribution in [0.4, 0.5) is 4.79 Å². The molecule has 0 aromatic carbocycles. The Labute approximate surface area is 95.6 Å². The summed E-state index contributed by atoms with van der Waals surface area (Å²) in [5, 5.41) is 11.3. The van der Waals surface area contributed by atoms with Gasteiger partial charge >= 0.3 is 12.0 Å². The molecule has 0 aliphatic heterocycles. The van der Waals surface area contributed by atoms with Crippen LogP contribution in [-0.4, -0.2) is 55.4 Å². The normalized spacial score (nSPS) is 9.88. The number of hydrogen-bond donors (Lipinski definition) is 2. The lowest BCUT2D eigenvalue weighted by molar-refractivity contribution is -0.137. The molecule has 0 fully saturated rings. The molecule has 6 nitrogen and oxygen atoms in total. The Balaban J connectivity index is 4.04. The van der Waals surface area contributed by atoms with E-state index in [1.165, 1.54) is 12.0 Å². The van der Waals surface area contributed by atoms with Gasteiger partial charge < -0.3 is 20.1 Å². The molecule has 0 aromatic rings. The summed E-state index contributed by atoms with van der Waals surface area (Å²) in [6.07, 6.45) is 1.87. The Hall–Kier alpha value is -1.30. The summed E-state index contributed by atoms with van der Waals surface area (Å²) in [5.41, 5.74) is 0. The van der Waals surface area contributed by atoms with E-state index in [0.29, 0.717) is 13.2 Å². The molecule has 2 N–H and O–H groups in total. The number of methoxy groups -OCH3 is 1. The lowest BCUT2D eigenvalue weighted by Gasteiger charge is -2.20. The largest absolute Gasteiger partial charge is 0.480 e. The predicted octanol–water partition coefficient (Wildman–Crippen LogP) is 0.529. The van der Waals surface area contributed by atoms with Crippen molar-refractivity contribution in [2.24, 2.45) is 0 Å². The number of carbonyl (C=O) groups is 2. The number of urea groups is 1. The van der Waals surface area contributed by atoms with E-state index in [0.717, 1.165) is 12.8 Å². The maximum atomic E-state index is 11.6. The van der Waals surface area contributed by atoms with E-state index < -0.39 is 5.97 Å². The zero-order valence-corrected chi connectivity index (χ0v) is 9.86. The fraction of sp³-hybridized carbons (Fsp3) is 0.800. The van der Waals surface area contributed by atoms with Crippen molar-refractivity contribution in [1.29, 1.82) is 0 Å². The molecule has 6 heteroatoms. The number of nitrogens with zero attached hydrogens (tertiary/aromatic N) is 1. The number of carbonyl (C=O) groups excluding carboxylic acids is 1. The molecular formula is C10H20N2O4. The number of ether oxygens (including phenoxy) is 1. The monoisotopic (exact) mass is 232 g/mol. The Bertz CT molecular complexity index is 221. The number of carboxylic acids is 1. The number of hydrogen-bond acceptors (Lipinski definition) is 3. The molecule has 0 unspecified atom stereocenters. The lowest BCUT2D eigenvalue weighted by Crippen LogP contribution is -2.44. The maximum absolute atomic E-state index is 11.6. The van der Waals surface area contributed by atoms with E-state index in [2.05, 4.69) is 5.32 Å². The molecule has 0 aromatic heterocycles. The van der Waals surface area contributed by atoms with Crippen LogP contribution in [0.25, 0.3) is 0 Å². The van der Waals surface area contributed by atoms with E-state index in [1.807, 2.05) is 6.92 Å². The Morgan fingerprint density at radius 1 is 1.44 bits per heavy atom. The van der Waals surface area contributed by atoms with Crippen LogP contribution in [0.3, 0.4) is 0 Å². The predicted molar refractivity (Wildman–Crippen MR) is 59.4 cm³/mol. The second-order valence-corrected chi connectivity index (χ2v) is 3.39. The van der Waals surface area contributed by atoms with E-state index in [-0.39, 0.29) is 19.1 Å². The standard InChI is InChI=1S/C10H20N2O4/c1-3-4-5-11-10(15)12(6-7-16-2)8-9(13)14/h3-8H2,1-2H3,(H,11,15)(H,13,14). The highest BCUT2D eigenvalue weighted by Crippen LogP contribution is 1.91. The van der Waals surface area contributed by atoms with E-state index >= 15 is 0 Å². The molecule has 0 aliphatic rings. The quantitative estimate of drug-likeness (QED) is 0.598. The fourth-order valence-corrected chi connectivity index (χ4v) is 1.10. The van der Waals surface area contributed by atoms with Crippen molar-refractivity contribution in [2.45, 2.75) is 19.8 Å². The highest BCUT2D eigenvalue weighted by atomic mass is 16.5. The number of carboxylic acid groups (broad SMARTS) is 1. The van der Waals surface area contributed by atoms with E-state index in [9.17, 15) is 9.59 Å². The topological polar surface area (TPSA) is 78.9 Å². The van der Waals surface area contributed by atoms with Gasteiger partial charge in [0.15, 0.2) is 0 Å². The molecule has 94 valence electrons. The SMILES string of the molecule is CCCCNC(=O)N(CCOC)CC(=O)O. The van der Waals surface area contributed by atoms with Crippen molar-refractivity contribution in [3.05, 3.63) is 0 Å². The van der Waals surface area contributed by atoms with Crippen LogP contribution in [-0.2, 0) is 9.53 Å². The van der Waals surface area contributed by atoms with Crippen molar-refractivity contribution in [3.63, 3.8) is 0 Å². The molecule has 0 saturated carbocycles. The van der Waals surface area contributed by atoms with Crippen molar-refractivity contribution < 1.29 is 19.4 Å². The van der Waals surface area contributed by atoms with Crippen LogP contribution in [0.1, 0.15) is 19.8 Å². The number of aliphatic carboxylic acids is 1. The minimum absolute atomic E-state index is 0.279. The van der Waals surface area contributed by atoms with E-state index in [4.69, 9.17) is 9.84 Å². The summed E-state index contributed by atoms with van der Waals surface area (Å²) in [6.45, 7) is 2.89. The maximum Gasteiger partial charge on any atom is 0.323 e. The minimum Gasteiger partial charge on any atom is -0.480 e. The van der Waals surface area contributed by atoms with E-state index in [1.54, 1.807) is 0 Å². The summed E-state index contributed by atoms with van der Waals surface area (Å²) in [6, 6.07) is -0.354. The first-order valence-electron chi connectivity index (χ1n) is 5.35. The number of unbranched alkanes of at least 4 members (excludes halogenated alkanes) is 1. The van der Waals surface area contributed by atoms with Gasteiger partial charge in [-0.25, -0.2) is 4.79 Å². The van der Waals surface area contributed by atoms with Gasteiger partial charge in [-0.1, -0.05) is 13.3 Å². The van der Waals surface area contributed by atoms with Gasteiger partial charge in [-0.15, -0.1) is 0 Å². The average Bonchev–Trinajstić information content (AvgIpc) is 2.23. The van der Waals surface area contributed by atoms with Crippen LogP contribution < -0.4 is 5.32 Å². The van der Waals surface area contributed by atoms with Crippen molar-refractivity contribution in [1.82, 2.24) is 10.2 Å². The first kappa shape index (κ1) is 14.7. The molecule has 0 aliphatic carbocycles. The Morgan fingerprint density at radius 2 is 2.12 bits per heavy atom. The average molecular weight is 232 g/mol. The van der Waals surface area contributed by atoms with Crippen LogP contribution >= 0.6 is 0 Å². The number of rotatable bonds is 8. The zero-order chi connectivity index (χ0) is 12.4. The summed E-state index contributed by atoms with van der Waals surface area (Å²) in [4.78, 5) is 23.3. The third-order valence-corrected chi connectivity index (χ3v) is 1.99. The van der Waals surface area contributed by atoms with Crippen molar-refractivity contribution >= 4 is 12.0 Å². The van der Waals surface area contributed by atoms with Crippen LogP contribution in [0.5, 0.6) is 0 Å². The van der Waals surface area contributed by atoms with Gasteiger partial charge in [-0.3, -0.25) is 4.79 Å².